The maximum absolute atomic E-state index is 12.0. The maximum atomic E-state index is 12.0. The van der Waals surface area contributed by atoms with Gasteiger partial charge in [-0.1, -0.05) is 0 Å². The number of hydrogen-bond acceptors (Lipinski definition) is 3. The molecule has 0 saturated heterocycles. The van der Waals surface area contributed by atoms with Gasteiger partial charge in [-0.25, -0.2) is 0 Å². The highest BCUT2D eigenvalue weighted by atomic mass is 35.5. The highest BCUT2D eigenvalue weighted by Gasteiger charge is 2.16. The number of nitrogens with one attached hydrogen (secondary N) is 1. The Morgan fingerprint density at radius 1 is 1.71 bits per heavy atom. The van der Waals surface area contributed by atoms with Crippen molar-refractivity contribution in [3.05, 3.63) is 17.5 Å². The SMILES string of the molecule is CCn1nc(C)cc1C(=O)NC(CCl)COC. The third-order valence-corrected chi connectivity index (χ3v) is 2.70. The van der Waals surface area contributed by atoms with E-state index in [0.29, 0.717) is 24.7 Å². The number of aromatic nitrogens is 2. The van der Waals surface area contributed by atoms with Gasteiger partial charge in [-0.2, -0.15) is 5.10 Å². The molecule has 1 rings (SSSR count). The molecule has 1 unspecified atom stereocenters. The van der Waals surface area contributed by atoms with Gasteiger partial charge in [-0.15, -0.1) is 11.6 Å². The standard InChI is InChI=1S/C11H18ClN3O2/c1-4-15-10(5-8(2)14-15)11(16)13-9(6-12)7-17-3/h5,9H,4,6-7H2,1-3H3,(H,13,16). The van der Waals surface area contributed by atoms with Crippen LogP contribution in [-0.2, 0) is 11.3 Å². The van der Waals surface area contributed by atoms with Crippen molar-refractivity contribution >= 4 is 17.5 Å². The predicted octanol–water partition coefficient (Wildman–Crippen LogP) is 1.20. The van der Waals surface area contributed by atoms with Gasteiger partial charge in [0.2, 0.25) is 0 Å². The molecule has 0 spiro atoms. The Morgan fingerprint density at radius 2 is 2.41 bits per heavy atom. The number of halogens is 1. The third kappa shape index (κ3) is 3.71. The topological polar surface area (TPSA) is 56.2 Å². The Kier molecular flexibility index (Phi) is 5.44. The molecule has 17 heavy (non-hydrogen) atoms. The molecule has 0 saturated carbocycles. The van der Waals surface area contributed by atoms with Crippen LogP contribution < -0.4 is 5.32 Å². The molecule has 1 amide bonds. The Bertz CT molecular complexity index is 379. The number of amides is 1. The number of alkyl halides is 1. The smallest absolute Gasteiger partial charge is 0.269 e. The monoisotopic (exact) mass is 259 g/mol. The molecule has 0 aliphatic carbocycles. The molecule has 0 fully saturated rings. The normalized spacial score (nSPS) is 12.5. The Hall–Kier alpha value is -1.07. The third-order valence-electron chi connectivity index (χ3n) is 2.32. The Labute approximate surface area is 106 Å². The largest absolute Gasteiger partial charge is 0.383 e. The first-order valence-electron chi connectivity index (χ1n) is 5.52. The predicted molar refractivity (Wildman–Crippen MR) is 66.5 cm³/mol. The maximum Gasteiger partial charge on any atom is 0.269 e. The molecule has 0 radical (unpaired) electrons. The molecule has 96 valence electrons. The van der Waals surface area contributed by atoms with Crippen molar-refractivity contribution in [2.24, 2.45) is 0 Å². The fourth-order valence-electron chi connectivity index (χ4n) is 1.55. The fourth-order valence-corrected chi connectivity index (χ4v) is 1.72. The van der Waals surface area contributed by atoms with E-state index < -0.39 is 0 Å². The molecule has 6 heteroatoms. The van der Waals surface area contributed by atoms with Crippen LogP contribution in [0.4, 0.5) is 0 Å². The van der Waals surface area contributed by atoms with Crippen molar-refractivity contribution in [3.63, 3.8) is 0 Å². The van der Waals surface area contributed by atoms with E-state index in [1.165, 1.54) is 0 Å². The van der Waals surface area contributed by atoms with Gasteiger partial charge in [0.15, 0.2) is 0 Å². The van der Waals surface area contributed by atoms with Crippen molar-refractivity contribution in [3.8, 4) is 0 Å². The van der Waals surface area contributed by atoms with E-state index in [0.717, 1.165) is 5.69 Å². The van der Waals surface area contributed by atoms with Crippen LogP contribution in [-0.4, -0.2) is 41.3 Å². The summed E-state index contributed by atoms with van der Waals surface area (Å²) >= 11 is 5.74. The molecule has 0 aromatic carbocycles. The van der Waals surface area contributed by atoms with Gasteiger partial charge in [0.25, 0.3) is 5.91 Å². The van der Waals surface area contributed by atoms with Crippen molar-refractivity contribution in [1.82, 2.24) is 15.1 Å². The summed E-state index contributed by atoms with van der Waals surface area (Å²) in [5, 5.41) is 7.04. The minimum Gasteiger partial charge on any atom is -0.383 e. The van der Waals surface area contributed by atoms with E-state index in [1.807, 2.05) is 13.8 Å². The average Bonchev–Trinajstić information content (AvgIpc) is 2.69. The van der Waals surface area contributed by atoms with Crippen LogP contribution in [0.15, 0.2) is 6.07 Å². The summed E-state index contributed by atoms with van der Waals surface area (Å²) in [7, 11) is 1.58. The minimum absolute atomic E-state index is 0.171. The quantitative estimate of drug-likeness (QED) is 0.781. The zero-order chi connectivity index (χ0) is 12.8. The van der Waals surface area contributed by atoms with Crippen molar-refractivity contribution in [2.45, 2.75) is 26.4 Å². The van der Waals surface area contributed by atoms with Gasteiger partial charge < -0.3 is 10.1 Å². The van der Waals surface area contributed by atoms with Crippen LogP contribution in [0.3, 0.4) is 0 Å². The lowest BCUT2D eigenvalue weighted by molar-refractivity contribution is 0.0896. The Morgan fingerprint density at radius 3 is 2.94 bits per heavy atom. The summed E-state index contributed by atoms with van der Waals surface area (Å²) < 4.78 is 6.64. The lowest BCUT2D eigenvalue weighted by atomic mass is 10.3. The summed E-state index contributed by atoms with van der Waals surface area (Å²) in [5.74, 6) is 0.147. The second kappa shape index (κ2) is 6.61. The first kappa shape index (κ1) is 14.0. The van der Waals surface area contributed by atoms with Crippen LogP contribution in [0.1, 0.15) is 23.1 Å². The first-order valence-corrected chi connectivity index (χ1v) is 6.06. The molecule has 1 aromatic rings. The summed E-state index contributed by atoms with van der Waals surface area (Å²) in [6, 6.07) is 1.58. The molecule has 0 aliphatic heterocycles. The average molecular weight is 260 g/mol. The molecule has 1 aromatic heterocycles. The van der Waals surface area contributed by atoms with Crippen molar-refractivity contribution in [1.29, 1.82) is 0 Å². The lowest BCUT2D eigenvalue weighted by Gasteiger charge is -2.15. The van der Waals surface area contributed by atoms with Crippen LogP contribution in [0, 0.1) is 6.92 Å². The zero-order valence-electron chi connectivity index (χ0n) is 10.4. The van der Waals surface area contributed by atoms with Crippen LogP contribution in [0.2, 0.25) is 0 Å². The molecule has 0 aliphatic rings. The molecule has 1 heterocycles. The van der Waals surface area contributed by atoms with Gasteiger partial charge in [0.1, 0.15) is 5.69 Å². The molecule has 0 bridgehead atoms. The second-order valence-electron chi connectivity index (χ2n) is 3.77. The summed E-state index contributed by atoms with van der Waals surface area (Å²) in [4.78, 5) is 12.0. The number of aryl methyl sites for hydroxylation is 2. The number of nitrogens with zero attached hydrogens (tertiary/aromatic N) is 2. The fraction of sp³-hybridized carbons (Fsp3) is 0.636. The molecular weight excluding hydrogens is 242 g/mol. The Balaban J connectivity index is 2.74. The van der Waals surface area contributed by atoms with Gasteiger partial charge in [0, 0.05) is 19.5 Å². The number of carbonyl (C=O) groups is 1. The molecule has 5 nitrogen and oxygen atoms in total. The lowest BCUT2D eigenvalue weighted by Crippen LogP contribution is -2.40. The van der Waals surface area contributed by atoms with E-state index >= 15 is 0 Å². The van der Waals surface area contributed by atoms with E-state index in [2.05, 4.69) is 10.4 Å². The van der Waals surface area contributed by atoms with E-state index in [4.69, 9.17) is 16.3 Å². The highest BCUT2D eigenvalue weighted by molar-refractivity contribution is 6.18. The van der Waals surface area contributed by atoms with Crippen molar-refractivity contribution in [2.75, 3.05) is 19.6 Å². The summed E-state index contributed by atoms with van der Waals surface area (Å²) in [6.07, 6.45) is 0. The number of rotatable bonds is 6. The molecular formula is C11H18ClN3O2. The second-order valence-corrected chi connectivity index (χ2v) is 4.08. The van der Waals surface area contributed by atoms with Gasteiger partial charge in [-0.3, -0.25) is 9.48 Å². The van der Waals surface area contributed by atoms with Gasteiger partial charge >= 0.3 is 0 Å². The van der Waals surface area contributed by atoms with Crippen LogP contribution in [0.25, 0.3) is 0 Å². The van der Waals surface area contributed by atoms with E-state index in [-0.39, 0.29) is 11.9 Å². The minimum atomic E-state index is -0.185. The molecule has 1 atom stereocenters. The van der Waals surface area contributed by atoms with Crippen molar-refractivity contribution < 1.29 is 9.53 Å². The van der Waals surface area contributed by atoms with Crippen LogP contribution in [0.5, 0.6) is 0 Å². The number of carbonyl (C=O) groups excluding carboxylic acids is 1. The first-order chi connectivity index (χ1) is 8.12. The van der Waals surface area contributed by atoms with E-state index in [1.54, 1.807) is 17.9 Å². The number of hydrogen-bond donors (Lipinski definition) is 1. The summed E-state index contributed by atoms with van der Waals surface area (Å²) in [6.45, 7) is 4.86. The molecule has 1 N–H and O–H groups in total. The van der Waals surface area contributed by atoms with Gasteiger partial charge in [0.05, 0.1) is 18.3 Å². The van der Waals surface area contributed by atoms with E-state index in [9.17, 15) is 4.79 Å². The van der Waals surface area contributed by atoms with Gasteiger partial charge in [-0.05, 0) is 19.9 Å². The summed E-state index contributed by atoms with van der Waals surface area (Å²) in [5.41, 5.74) is 1.38. The zero-order valence-corrected chi connectivity index (χ0v) is 11.1. The van der Waals surface area contributed by atoms with Crippen LogP contribution >= 0.6 is 11.6 Å². The highest BCUT2D eigenvalue weighted by Crippen LogP contribution is 2.04. The number of methoxy groups -OCH3 is 1. The number of ether oxygens (including phenoxy) is 1.